The first kappa shape index (κ1) is 12.2. The minimum absolute atomic E-state index is 0.140. The van der Waals surface area contributed by atoms with Crippen molar-refractivity contribution in [3.8, 4) is 0 Å². The summed E-state index contributed by atoms with van der Waals surface area (Å²) in [4.78, 5) is 6.74. The van der Waals surface area contributed by atoms with Crippen molar-refractivity contribution in [2.24, 2.45) is 0 Å². The number of halogens is 1. The lowest BCUT2D eigenvalue weighted by Crippen LogP contribution is -2.45. The molecule has 3 rings (SSSR count). The molecule has 4 nitrogen and oxygen atoms in total. The molecule has 0 saturated carbocycles. The number of aliphatic hydroxyl groups is 2. The van der Waals surface area contributed by atoms with Crippen LogP contribution in [0.25, 0.3) is 0 Å². The van der Waals surface area contributed by atoms with Gasteiger partial charge in [-0.05, 0) is 37.8 Å². The van der Waals surface area contributed by atoms with Gasteiger partial charge in [-0.25, -0.2) is 4.98 Å². The maximum Gasteiger partial charge on any atom is 0.129 e. The van der Waals surface area contributed by atoms with E-state index in [1.165, 1.54) is 0 Å². The SMILES string of the molecule is OCc1nc(N2C3CCC2CC(O)C3)ccc1Cl. The number of nitrogens with zero attached hydrogens (tertiary/aromatic N) is 2. The number of aliphatic hydroxyl groups excluding tert-OH is 2. The van der Waals surface area contributed by atoms with Gasteiger partial charge in [0, 0.05) is 12.1 Å². The molecule has 0 aromatic carbocycles. The number of anilines is 1. The molecule has 5 heteroatoms. The Morgan fingerprint density at radius 3 is 2.56 bits per heavy atom. The number of hydrogen-bond acceptors (Lipinski definition) is 4. The normalized spacial score (nSPS) is 30.8. The molecule has 2 saturated heterocycles. The molecular weight excluding hydrogens is 252 g/mol. The predicted molar refractivity (Wildman–Crippen MR) is 69.7 cm³/mol. The Bertz CT molecular complexity index is 441. The second kappa shape index (κ2) is 4.68. The monoisotopic (exact) mass is 268 g/mol. The number of pyridine rings is 1. The van der Waals surface area contributed by atoms with Gasteiger partial charge in [0.2, 0.25) is 0 Å². The molecule has 1 aromatic rings. The summed E-state index contributed by atoms with van der Waals surface area (Å²) in [6.07, 6.45) is 3.68. The van der Waals surface area contributed by atoms with E-state index in [0.29, 0.717) is 22.8 Å². The molecule has 0 spiro atoms. The van der Waals surface area contributed by atoms with Crippen LogP contribution in [0.4, 0.5) is 5.82 Å². The van der Waals surface area contributed by atoms with Crippen molar-refractivity contribution in [1.29, 1.82) is 0 Å². The second-order valence-electron chi connectivity index (χ2n) is 5.17. The van der Waals surface area contributed by atoms with Gasteiger partial charge in [-0.3, -0.25) is 0 Å². The Balaban J connectivity index is 1.91. The number of hydrogen-bond donors (Lipinski definition) is 2. The highest BCUT2D eigenvalue weighted by Crippen LogP contribution is 2.38. The molecule has 0 aliphatic carbocycles. The summed E-state index contributed by atoms with van der Waals surface area (Å²) >= 11 is 5.97. The highest BCUT2D eigenvalue weighted by Gasteiger charge is 2.40. The lowest BCUT2D eigenvalue weighted by atomic mass is 10.00. The molecule has 2 bridgehead atoms. The zero-order valence-electron chi connectivity index (χ0n) is 10.1. The fourth-order valence-electron chi connectivity index (χ4n) is 3.25. The molecule has 2 aliphatic heterocycles. The lowest BCUT2D eigenvalue weighted by Gasteiger charge is -2.38. The highest BCUT2D eigenvalue weighted by atomic mass is 35.5. The van der Waals surface area contributed by atoms with E-state index in [-0.39, 0.29) is 12.7 Å². The van der Waals surface area contributed by atoms with Gasteiger partial charge in [0.1, 0.15) is 5.82 Å². The van der Waals surface area contributed by atoms with E-state index in [2.05, 4.69) is 9.88 Å². The summed E-state index contributed by atoms with van der Waals surface area (Å²) < 4.78 is 0. The van der Waals surface area contributed by atoms with E-state index in [0.717, 1.165) is 31.5 Å². The first-order valence-corrected chi connectivity index (χ1v) is 6.79. The van der Waals surface area contributed by atoms with Crippen LogP contribution >= 0.6 is 11.6 Å². The first-order valence-electron chi connectivity index (χ1n) is 6.41. The maximum absolute atomic E-state index is 9.79. The second-order valence-corrected chi connectivity index (χ2v) is 5.58. The van der Waals surface area contributed by atoms with Gasteiger partial charge >= 0.3 is 0 Å². The summed E-state index contributed by atoms with van der Waals surface area (Å²) in [5.74, 6) is 0.878. The van der Waals surface area contributed by atoms with Gasteiger partial charge < -0.3 is 15.1 Å². The molecular formula is C13H17ClN2O2. The minimum atomic E-state index is -0.177. The van der Waals surface area contributed by atoms with Crippen LogP contribution in [0.1, 0.15) is 31.4 Å². The topological polar surface area (TPSA) is 56.6 Å². The standard InChI is InChI=1S/C13H17ClN2O2/c14-11-3-4-13(15-12(11)7-17)16-8-1-2-9(16)6-10(18)5-8/h3-4,8-10,17-18H,1-2,5-7H2. The van der Waals surface area contributed by atoms with Crippen molar-refractivity contribution in [3.63, 3.8) is 0 Å². The number of aromatic nitrogens is 1. The van der Waals surface area contributed by atoms with Crippen LogP contribution in [0.5, 0.6) is 0 Å². The summed E-state index contributed by atoms with van der Waals surface area (Å²) in [5.41, 5.74) is 0.527. The predicted octanol–water partition coefficient (Wildman–Crippen LogP) is 1.72. The Labute approximate surface area is 111 Å². The molecule has 0 amide bonds. The van der Waals surface area contributed by atoms with Gasteiger partial charge in [0.25, 0.3) is 0 Å². The molecule has 3 heterocycles. The molecule has 2 unspecified atom stereocenters. The number of rotatable bonds is 2. The third kappa shape index (κ3) is 1.98. The van der Waals surface area contributed by atoms with Crippen molar-refractivity contribution in [2.45, 2.75) is 50.5 Å². The van der Waals surface area contributed by atoms with Crippen molar-refractivity contribution in [1.82, 2.24) is 4.98 Å². The molecule has 2 fully saturated rings. The average Bonchev–Trinajstić information content (AvgIpc) is 2.63. The molecule has 2 atom stereocenters. The third-order valence-electron chi connectivity index (χ3n) is 4.03. The van der Waals surface area contributed by atoms with E-state index in [4.69, 9.17) is 11.6 Å². The van der Waals surface area contributed by atoms with E-state index in [9.17, 15) is 10.2 Å². The van der Waals surface area contributed by atoms with Crippen LogP contribution in [0, 0.1) is 0 Å². The molecule has 2 N–H and O–H groups in total. The van der Waals surface area contributed by atoms with E-state index in [1.54, 1.807) is 6.07 Å². The van der Waals surface area contributed by atoms with Gasteiger partial charge in [0.15, 0.2) is 0 Å². The van der Waals surface area contributed by atoms with Gasteiger partial charge in [-0.15, -0.1) is 0 Å². The fourth-order valence-corrected chi connectivity index (χ4v) is 3.41. The average molecular weight is 269 g/mol. The molecule has 18 heavy (non-hydrogen) atoms. The van der Waals surface area contributed by atoms with Gasteiger partial charge in [-0.2, -0.15) is 0 Å². The molecule has 98 valence electrons. The maximum atomic E-state index is 9.79. The molecule has 1 aromatic heterocycles. The molecule has 2 aliphatic rings. The quantitative estimate of drug-likeness (QED) is 0.858. The van der Waals surface area contributed by atoms with Gasteiger partial charge in [-0.1, -0.05) is 11.6 Å². The van der Waals surface area contributed by atoms with Crippen LogP contribution < -0.4 is 4.90 Å². The zero-order valence-corrected chi connectivity index (χ0v) is 10.8. The van der Waals surface area contributed by atoms with Crippen LogP contribution in [0.2, 0.25) is 5.02 Å². The van der Waals surface area contributed by atoms with E-state index < -0.39 is 0 Å². The van der Waals surface area contributed by atoms with Gasteiger partial charge in [0.05, 0.1) is 23.4 Å². The summed E-state index contributed by atoms with van der Waals surface area (Å²) in [6.45, 7) is -0.140. The van der Waals surface area contributed by atoms with E-state index in [1.807, 2.05) is 6.07 Å². The first-order chi connectivity index (χ1) is 8.69. The minimum Gasteiger partial charge on any atom is -0.393 e. The van der Waals surface area contributed by atoms with Crippen molar-refractivity contribution in [3.05, 3.63) is 22.8 Å². The number of piperidine rings is 1. The fraction of sp³-hybridized carbons (Fsp3) is 0.615. The third-order valence-corrected chi connectivity index (χ3v) is 4.37. The Morgan fingerprint density at radius 2 is 1.94 bits per heavy atom. The van der Waals surface area contributed by atoms with Crippen LogP contribution in [-0.4, -0.2) is 33.4 Å². The highest BCUT2D eigenvalue weighted by molar-refractivity contribution is 6.31. The van der Waals surface area contributed by atoms with Crippen LogP contribution in [0.15, 0.2) is 12.1 Å². The van der Waals surface area contributed by atoms with Crippen molar-refractivity contribution >= 4 is 17.4 Å². The van der Waals surface area contributed by atoms with Crippen LogP contribution in [0.3, 0.4) is 0 Å². The Morgan fingerprint density at radius 1 is 1.28 bits per heavy atom. The largest absolute Gasteiger partial charge is 0.393 e. The molecule has 0 radical (unpaired) electrons. The van der Waals surface area contributed by atoms with Crippen molar-refractivity contribution < 1.29 is 10.2 Å². The summed E-state index contributed by atoms with van der Waals surface area (Å²) in [5, 5.41) is 19.5. The van der Waals surface area contributed by atoms with E-state index >= 15 is 0 Å². The van der Waals surface area contributed by atoms with Crippen molar-refractivity contribution in [2.75, 3.05) is 4.90 Å². The number of fused-ring (bicyclic) bond motifs is 2. The van der Waals surface area contributed by atoms with Crippen LogP contribution in [-0.2, 0) is 6.61 Å². The zero-order chi connectivity index (χ0) is 12.7. The summed E-state index contributed by atoms with van der Waals surface area (Å²) in [6, 6.07) is 4.45. The lowest BCUT2D eigenvalue weighted by molar-refractivity contribution is 0.126. The smallest absolute Gasteiger partial charge is 0.129 e. The Hall–Kier alpha value is -0.840. The summed E-state index contributed by atoms with van der Waals surface area (Å²) in [7, 11) is 0. The Kier molecular flexibility index (Phi) is 3.18.